The van der Waals surface area contributed by atoms with Crippen LogP contribution >= 0.6 is 11.3 Å². The molecule has 7 heteroatoms. The largest absolute Gasteiger partial charge is 0.488 e. The predicted molar refractivity (Wildman–Crippen MR) is 80.0 cm³/mol. The van der Waals surface area contributed by atoms with Gasteiger partial charge in [0.25, 0.3) is 0 Å². The lowest BCUT2D eigenvalue weighted by atomic mass is 10.1. The monoisotopic (exact) mass is 325 g/mol. The smallest absolute Gasteiger partial charge is 0.250 e. The van der Waals surface area contributed by atoms with Gasteiger partial charge in [0.1, 0.15) is 16.1 Å². The van der Waals surface area contributed by atoms with Crippen molar-refractivity contribution in [1.29, 1.82) is 0 Å². The molecule has 0 spiro atoms. The molecule has 2 N–H and O–H groups in total. The fourth-order valence-electron chi connectivity index (χ4n) is 2.23. The second kappa shape index (κ2) is 5.76. The SMILES string of the molecule is O=S(=O)(NCC1Cc2ccccc2O1)c1ccc(CO)s1. The molecule has 0 saturated heterocycles. The molecular formula is C14H15NO4S2. The molecule has 0 fully saturated rings. The third-order valence-electron chi connectivity index (χ3n) is 3.27. The number of hydrogen-bond donors (Lipinski definition) is 2. The van der Waals surface area contributed by atoms with E-state index in [4.69, 9.17) is 9.84 Å². The molecule has 0 radical (unpaired) electrons. The molecule has 1 aromatic heterocycles. The molecule has 112 valence electrons. The Morgan fingerprint density at radius 1 is 1.29 bits per heavy atom. The van der Waals surface area contributed by atoms with Gasteiger partial charge in [-0.15, -0.1) is 11.3 Å². The highest BCUT2D eigenvalue weighted by atomic mass is 32.2. The summed E-state index contributed by atoms with van der Waals surface area (Å²) >= 11 is 1.07. The summed E-state index contributed by atoms with van der Waals surface area (Å²) in [5.41, 5.74) is 1.10. The highest BCUT2D eigenvalue weighted by molar-refractivity contribution is 7.91. The molecule has 3 rings (SSSR count). The van der Waals surface area contributed by atoms with E-state index in [1.165, 1.54) is 6.07 Å². The van der Waals surface area contributed by atoms with Crippen LogP contribution in [0.3, 0.4) is 0 Å². The molecule has 1 aliphatic rings. The number of hydrogen-bond acceptors (Lipinski definition) is 5. The Hall–Kier alpha value is -1.41. The fraction of sp³-hybridized carbons (Fsp3) is 0.286. The second-order valence-electron chi connectivity index (χ2n) is 4.78. The van der Waals surface area contributed by atoms with E-state index < -0.39 is 10.0 Å². The van der Waals surface area contributed by atoms with E-state index >= 15 is 0 Å². The van der Waals surface area contributed by atoms with E-state index in [1.54, 1.807) is 6.07 Å². The molecule has 1 aromatic carbocycles. The van der Waals surface area contributed by atoms with Crippen LogP contribution in [0.1, 0.15) is 10.4 Å². The molecule has 5 nitrogen and oxygen atoms in total. The number of thiophene rings is 1. The predicted octanol–water partition coefficient (Wildman–Crippen LogP) is 1.52. The molecule has 0 saturated carbocycles. The molecule has 0 amide bonds. The van der Waals surface area contributed by atoms with Crippen LogP contribution in [0.25, 0.3) is 0 Å². The van der Waals surface area contributed by atoms with Crippen molar-refractivity contribution in [3.8, 4) is 5.75 Å². The molecule has 21 heavy (non-hydrogen) atoms. The maximum atomic E-state index is 12.2. The average Bonchev–Trinajstić information content (AvgIpc) is 3.11. The number of benzene rings is 1. The third kappa shape index (κ3) is 3.11. The van der Waals surface area contributed by atoms with Gasteiger partial charge in [0.15, 0.2) is 0 Å². The third-order valence-corrected chi connectivity index (χ3v) is 6.26. The van der Waals surface area contributed by atoms with E-state index in [9.17, 15) is 8.42 Å². The van der Waals surface area contributed by atoms with Gasteiger partial charge in [0.2, 0.25) is 10.0 Å². The first-order chi connectivity index (χ1) is 10.1. The number of fused-ring (bicyclic) bond motifs is 1. The highest BCUT2D eigenvalue weighted by Crippen LogP contribution is 2.28. The Balaban J connectivity index is 1.63. The van der Waals surface area contributed by atoms with Crippen LogP contribution in [0.4, 0.5) is 0 Å². The van der Waals surface area contributed by atoms with Crippen LogP contribution in [0.2, 0.25) is 0 Å². The molecule has 1 aliphatic heterocycles. The lowest BCUT2D eigenvalue weighted by molar-refractivity contribution is 0.236. The van der Waals surface area contributed by atoms with Gasteiger partial charge in [-0.1, -0.05) is 18.2 Å². The number of aliphatic hydroxyl groups excluding tert-OH is 1. The van der Waals surface area contributed by atoms with Crippen molar-refractivity contribution in [2.75, 3.05) is 6.54 Å². The number of nitrogens with one attached hydrogen (secondary N) is 1. The first-order valence-electron chi connectivity index (χ1n) is 6.52. The van der Waals surface area contributed by atoms with Crippen molar-refractivity contribution in [3.63, 3.8) is 0 Å². The Kier molecular flexibility index (Phi) is 3.99. The summed E-state index contributed by atoms with van der Waals surface area (Å²) < 4.78 is 32.8. The standard InChI is InChI=1S/C14H15NO4S2/c16-9-12-5-6-14(20-12)21(17,18)15-8-11-7-10-3-1-2-4-13(10)19-11/h1-6,11,15-16H,7-9H2. The summed E-state index contributed by atoms with van der Waals surface area (Å²) in [6, 6.07) is 10.8. The Morgan fingerprint density at radius 3 is 2.81 bits per heavy atom. The summed E-state index contributed by atoms with van der Waals surface area (Å²) in [5, 5.41) is 8.99. The normalized spacial score (nSPS) is 17.5. The van der Waals surface area contributed by atoms with Crippen molar-refractivity contribution in [2.45, 2.75) is 23.3 Å². The number of ether oxygens (including phenoxy) is 1. The van der Waals surface area contributed by atoms with E-state index in [2.05, 4.69) is 4.72 Å². The molecule has 0 aliphatic carbocycles. The first kappa shape index (κ1) is 14.5. The number of sulfonamides is 1. The molecule has 2 heterocycles. The molecular weight excluding hydrogens is 310 g/mol. The van der Waals surface area contributed by atoms with Crippen molar-refractivity contribution in [3.05, 3.63) is 46.8 Å². The number of rotatable bonds is 5. The van der Waals surface area contributed by atoms with E-state index in [-0.39, 0.29) is 23.5 Å². The lowest BCUT2D eigenvalue weighted by Gasteiger charge is -2.11. The van der Waals surface area contributed by atoms with Crippen LogP contribution in [-0.2, 0) is 23.1 Å². The summed E-state index contributed by atoms with van der Waals surface area (Å²) in [7, 11) is -3.55. The van der Waals surface area contributed by atoms with E-state index in [0.29, 0.717) is 11.3 Å². The van der Waals surface area contributed by atoms with Gasteiger partial charge in [-0.3, -0.25) is 0 Å². The molecule has 2 aromatic rings. The Morgan fingerprint density at radius 2 is 2.10 bits per heavy atom. The summed E-state index contributed by atoms with van der Waals surface area (Å²) in [5.74, 6) is 0.820. The van der Waals surface area contributed by atoms with Crippen LogP contribution in [0.15, 0.2) is 40.6 Å². The molecule has 0 bridgehead atoms. The quantitative estimate of drug-likeness (QED) is 0.874. The van der Waals surface area contributed by atoms with Gasteiger partial charge in [-0.05, 0) is 23.8 Å². The van der Waals surface area contributed by atoms with Crippen LogP contribution in [0, 0.1) is 0 Å². The minimum Gasteiger partial charge on any atom is -0.488 e. The zero-order valence-electron chi connectivity index (χ0n) is 11.2. The lowest BCUT2D eigenvalue weighted by Crippen LogP contribution is -2.34. The average molecular weight is 325 g/mol. The fourth-order valence-corrected chi connectivity index (χ4v) is 4.56. The summed E-state index contributed by atoms with van der Waals surface area (Å²) in [4.78, 5) is 0.625. The van der Waals surface area contributed by atoms with E-state index in [0.717, 1.165) is 22.6 Å². The van der Waals surface area contributed by atoms with Crippen molar-refractivity contribution >= 4 is 21.4 Å². The van der Waals surface area contributed by atoms with Crippen LogP contribution < -0.4 is 9.46 Å². The number of para-hydroxylation sites is 1. The van der Waals surface area contributed by atoms with Gasteiger partial charge in [-0.2, -0.15) is 0 Å². The zero-order chi connectivity index (χ0) is 14.9. The summed E-state index contributed by atoms with van der Waals surface area (Å²) in [6.45, 7) is 0.0740. The molecule has 1 unspecified atom stereocenters. The van der Waals surface area contributed by atoms with Gasteiger partial charge in [0.05, 0.1) is 6.61 Å². The Labute approximate surface area is 127 Å². The first-order valence-corrected chi connectivity index (χ1v) is 8.82. The van der Waals surface area contributed by atoms with E-state index in [1.807, 2.05) is 24.3 Å². The van der Waals surface area contributed by atoms with Gasteiger partial charge >= 0.3 is 0 Å². The maximum absolute atomic E-state index is 12.2. The van der Waals surface area contributed by atoms with Crippen molar-refractivity contribution < 1.29 is 18.3 Å². The van der Waals surface area contributed by atoms with Crippen molar-refractivity contribution in [1.82, 2.24) is 4.72 Å². The number of aliphatic hydroxyl groups is 1. The maximum Gasteiger partial charge on any atom is 0.250 e. The molecule has 1 atom stereocenters. The Bertz CT molecular complexity index is 714. The topological polar surface area (TPSA) is 75.6 Å². The summed E-state index contributed by atoms with van der Waals surface area (Å²) in [6.07, 6.45) is 0.514. The van der Waals surface area contributed by atoms with Crippen LogP contribution in [-0.4, -0.2) is 26.2 Å². The van der Waals surface area contributed by atoms with Crippen molar-refractivity contribution in [2.24, 2.45) is 0 Å². The van der Waals surface area contributed by atoms with Gasteiger partial charge < -0.3 is 9.84 Å². The van der Waals surface area contributed by atoms with Gasteiger partial charge in [-0.25, -0.2) is 13.1 Å². The zero-order valence-corrected chi connectivity index (χ0v) is 12.8. The highest BCUT2D eigenvalue weighted by Gasteiger charge is 2.25. The minimum atomic E-state index is -3.55. The van der Waals surface area contributed by atoms with Gasteiger partial charge in [0, 0.05) is 17.8 Å². The van der Waals surface area contributed by atoms with Crippen LogP contribution in [0.5, 0.6) is 5.75 Å². The minimum absolute atomic E-state index is 0.152. The second-order valence-corrected chi connectivity index (χ2v) is 7.94.